The third kappa shape index (κ3) is 5.82. The van der Waals surface area contributed by atoms with E-state index in [1.807, 2.05) is 6.92 Å². The number of nitrogens with zero attached hydrogens (tertiary/aromatic N) is 3. The van der Waals surface area contributed by atoms with Crippen molar-refractivity contribution in [1.82, 2.24) is 20.1 Å². The molecule has 2 atom stereocenters. The monoisotopic (exact) mass is 469 g/mol. The number of aliphatic hydroxyl groups excluding tert-OH is 1. The van der Waals surface area contributed by atoms with E-state index >= 15 is 0 Å². The number of rotatable bonds is 9. The number of aliphatic hydroxyl groups is 1. The molecule has 0 aliphatic heterocycles. The number of carbonyl (C=O) groups excluding carboxylic acids is 1. The lowest BCUT2D eigenvalue weighted by atomic mass is 10.1. The van der Waals surface area contributed by atoms with E-state index < -0.39 is 24.0 Å². The van der Waals surface area contributed by atoms with Gasteiger partial charge in [0.2, 0.25) is 0 Å². The van der Waals surface area contributed by atoms with E-state index in [9.17, 15) is 14.3 Å². The summed E-state index contributed by atoms with van der Waals surface area (Å²) in [5.74, 6) is -0.626. The number of carbonyl (C=O) groups is 1. The average molecular weight is 470 g/mol. The number of benzene rings is 1. The number of primary amides is 1. The van der Waals surface area contributed by atoms with Crippen LogP contribution in [-0.4, -0.2) is 45.2 Å². The summed E-state index contributed by atoms with van der Waals surface area (Å²) >= 11 is 11.8. The predicted octanol–water partition coefficient (Wildman–Crippen LogP) is 3.23. The summed E-state index contributed by atoms with van der Waals surface area (Å²) in [6, 6.07) is 4.35. The molecule has 0 saturated heterocycles. The second kappa shape index (κ2) is 10.2. The maximum absolute atomic E-state index is 13.8. The second-order valence-corrected chi connectivity index (χ2v) is 7.71. The normalized spacial score (nSPS) is 13.3. The Morgan fingerprint density at radius 3 is 2.81 bits per heavy atom. The molecule has 2 heterocycles. The summed E-state index contributed by atoms with van der Waals surface area (Å²) in [7, 11) is 0. The van der Waals surface area contributed by atoms with Gasteiger partial charge in [0.1, 0.15) is 11.0 Å². The molecular formula is C20H22Cl2FN5O3. The molecule has 1 aromatic carbocycles. The minimum Gasteiger partial charge on any atom is -0.390 e. The van der Waals surface area contributed by atoms with Crippen molar-refractivity contribution in [3.63, 3.8) is 0 Å². The summed E-state index contributed by atoms with van der Waals surface area (Å²) in [6.45, 7) is 2.51. The van der Waals surface area contributed by atoms with E-state index in [4.69, 9.17) is 33.7 Å². The Hall–Kier alpha value is -2.46. The summed E-state index contributed by atoms with van der Waals surface area (Å²) < 4.78 is 21.1. The first-order valence-corrected chi connectivity index (χ1v) is 10.3. The van der Waals surface area contributed by atoms with Gasteiger partial charge in [-0.2, -0.15) is 5.10 Å². The Kier molecular flexibility index (Phi) is 7.66. The van der Waals surface area contributed by atoms with E-state index in [-0.39, 0.29) is 24.7 Å². The zero-order valence-electron chi connectivity index (χ0n) is 16.7. The van der Waals surface area contributed by atoms with Crippen molar-refractivity contribution in [3.05, 3.63) is 57.7 Å². The zero-order valence-corrected chi connectivity index (χ0v) is 18.2. The molecule has 3 aromatic rings. The van der Waals surface area contributed by atoms with Gasteiger partial charge in [0.25, 0.3) is 0 Å². The fourth-order valence-electron chi connectivity index (χ4n) is 3.27. The number of nitrogens with one attached hydrogen (secondary N) is 1. The van der Waals surface area contributed by atoms with Crippen LogP contribution in [-0.2, 0) is 17.7 Å². The molecule has 2 aromatic heterocycles. The number of halogens is 3. The highest BCUT2D eigenvalue weighted by Crippen LogP contribution is 2.23. The summed E-state index contributed by atoms with van der Waals surface area (Å²) in [4.78, 5) is 15.7. The van der Waals surface area contributed by atoms with Crippen molar-refractivity contribution in [2.45, 2.75) is 32.0 Å². The smallest absolute Gasteiger partial charge is 0.312 e. The van der Waals surface area contributed by atoms with Gasteiger partial charge in [0, 0.05) is 18.4 Å². The van der Waals surface area contributed by atoms with Crippen molar-refractivity contribution < 1.29 is 19.0 Å². The molecule has 0 bridgehead atoms. The number of urea groups is 1. The number of ether oxygens (including phenoxy) is 1. The van der Waals surface area contributed by atoms with Crippen LogP contribution in [0.5, 0.6) is 0 Å². The number of nitrogens with two attached hydrogens (primary N) is 1. The van der Waals surface area contributed by atoms with Gasteiger partial charge in [0.05, 0.1) is 47.8 Å². The van der Waals surface area contributed by atoms with E-state index in [0.717, 1.165) is 10.9 Å². The number of pyridine rings is 1. The molecule has 2 amide bonds. The standard InChI is InChI=1S/C20H22Cl2FN5O3/c1-2-28-19-12(8-25-28)6-18(22)26-16(19)7-13(29)9-31-10-17(27-20(24)30)11-3-4-14(21)15(23)5-11/h3-6,8,13,17,29H,2,7,9-10H2,1H3,(H3,24,27,30)/t13?,17-/m1/s1. The topological polar surface area (TPSA) is 115 Å². The molecule has 31 heavy (non-hydrogen) atoms. The van der Waals surface area contributed by atoms with Gasteiger partial charge in [-0.15, -0.1) is 0 Å². The van der Waals surface area contributed by atoms with Crippen LogP contribution in [0.4, 0.5) is 9.18 Å². The van der Waals surface area contributed by atoms with Crippen LogP contribution in [0.2, 0.25) is 10.2 Å². The summed E-state index contributed by atoms with van der Waals surface area (Å²) in [6.07, 6.45) is 0.988. The third-order valence-electron chi connectivity index (χ3n) is 4.64. The highest BCUT2D eigenvalue weighted by molar-refractivity contribution is 6.30. The Labute approximate surface area is 188 Å². The fourth-order valence-corrected chi connectivity index (χ4v) is 3.61. The predicted molar refractivity (Wildman–Crippen MR) is 116 cm³/mol. The van der Waals surface area contributed by atoms with Gasteiger partial charge >= 0.3 is 6.03 Å². The molecule has 8 nitrogen and oxygen atoms in total. The Balaban J connectivity index is 1.66. The molecule has 11 heteroatoms. The largest absolute Gasteiger partial charge is 0.390 e. The molecule has 0 spiro atoms. The average Bonchev–Trinajstić information content (AvgIpc) is 3.12. The fraction of sp³-hybridized carbons (Fsp3) is 0.350. The zero-order chi connectivity index (χ0) is 22.5. The quantitative estimate of drug-likeness (QED) is 0.416. The maximum atomic E-state index is 13.8. The Morgan fingerprint density at radius 1 is 1.35 bits per heavy atom. The van der Waals surface area contributed by atoms with Crippen molar-refractivity contribution in [1.29, 1.82) is 0 Å². The number of aromatic nitrogens is 3. The molecular weight excluding hydrogens is 448 g/mol. The summed E-state index contributed by atoms with van der Waals surface area (Å²) in [5.41, 5.74) is 7.05. The van der Waals surface area contributed by atoms with Gasteiger partial charge in [0.15, 0.2) is 0 Å². The number of aryl methyl sites for hydroxylation is 1. The number of fused-ring (bicyclic) bond motifs is 1. The highest BCUT2D eigenvalue weighted by atomic mass is 35.5. The van der Waals surface area contributed by atoms with Crippen LogP contribution in [0.25, 0.3) is 10.9 Å². The number of amides is 2. The Morgan fingerprint density at radius 2 is 2.13 bits per heavy atom. The maximum Gasteiger partial charge on any atom is 0.312 e. The summed E-state index contributed by atoms with van der Waals surface area (Å²) in [5, 5.41) is 18.4. The highest BCUT2D eigenvalue weighted by Gasteiger charge is 2.18. The van der Waals surface area contributed by atoms with Crippen LogP contribution in [0.1, 0.15) is 24.2 Å². The Bertz CT molecular complexity index is 1080. The van der Waals surface area contributed by atoms with Gasteiger partial charge in [-0.1, -0.05) is 29.3 Å². The third-order valence-corrected chi connectivity index (χ3v) is 5.14. The van der Waals surface area contributed by atoms with Crippen LogP contribution >= 0.6 is 23.2 Å². The minimum atomic E-state index is -0.898. The molecule has 0 fully saturated rings. The van der Waals surface area contributed by atoms with Crippen LogP contribution in [0, 0.1) is 5.82 Å². The van der Waals surface area contributed by atoms with Gasteiger partial charge in [-0.05, 0) is 30.7 Å². The molecule has 1 unspecified atom stereocenters. The SMILES string of the molecule is CCn1ncc2cc(Cl)nc(CC(O)COC[C@@H](NC(N)=O)c3ccc(Cl)c(F)c3)c21. The number of hydrogen-bond acceptors (Lipinski definition) is 5. The first-order valence-electron chi connectivity index (χ1n) is 9.56. The van der Waals surface area contributed by atoms with E-state index in [0.29, 0.717) is 23.0 Å². The van der Waals surface area contributed by atoms with Gasteiger partial charge < -0.3 is 20.9 Å². The van der Waals surface area contributed by atoms with Crippen molar-refractivity contribution in [2.75, 3.05) is 13.2 Å². The molecule has 0 aliphatic carbocycles. The van der Waals surface area contributed by atoms with Gasteiger partial charge in [-0.25, -0.2) is 14.2 Å². The molecule has 4 N–H and O–H groups in total. The van der Waals surface area contributed by atoms with Crippen molar-refractivity contribution in [3.8, 4) is 0 Å². The van der Waals surface area contributed by atoms with E-state index in [1.165, 1.54) is 12.1 Å². The molecule has 0 radical (unpaired) electrons. The van der Waals surface area contributed by atoms with Crippen LogP contribution < -0.4 is 11.1 Å². The van der Waals surface area contributed by atoms with Crippen molar-refractivity contribution >= 4 is 40.1 Å². The minimum absolute atomic E-state index is 0.0354. The van der Waals surface area contributed by atoms with E-state index in [2.05, 4.69) is 15.4 Å². The van der Waals surface area contributed by atoms with Crippen LogP contribution in [0.15, 0.2) is 30.5 Å². The first-order chi connectivity index (χ1) is 14.8. The van der Waals surface area contributed by atoms with Crippen molar-refractivity contribution in [2.24, 2.45) is 5.73 Å². The molecule has 0 aliphatic rings. The lowest BCUT2D eigenvalue weighted by Gasteiger charge is -2.20. The lowest BCUT2D eigenvalue weighted by molar-refractivity contribution is 0.0283. The number of hydrogen-bond donors (Lipinski definition) is 3. The lowest BCUT2D eigenvalue weighted by Crippen LogP contribution is -2.36. The molecule has 3 rings (SSSR count). The molecule has 166 valence electrons. The van der Waals surface area contributed by atoms with Gasteiger partial charge in [-0.3, -0.25) is 4.68 Å². The first kappa shape index (κ1) is 23.2. The van der Waals surface area contributed by atoms with Crippen LogP contribution in [0.3, 0.4) is 0 Å². The van der Waals surface area contributed by atoms with E-state index in [1.54, 1.807) is 23.0 Å². The molecule has 0 saturated carbocycles. The second-order valence-electron chi connectivity index (χ2n) is 6.92.